The Morgan fingerprint density at radius 1 is 1.15 bits per heavy atom. The van der Waals surface area contributed by atoms with Gasteiger partial charge < -0.3 is 0 Å². The average molecular weight is 189 g/mol. The summed E-state index contributed by atoms with van der Waals surface area (Å²) in [5, 5.41) is 0. The Labute approximate surface area is 78.1 Å². The van der Waals surface area contributed by atoms with Crippen LogP contribution in [0, 0.1) is 5.41 Å². The van der Waals surface area contributed by atoms with Gasteiger partial charge in [0.1, 0.15) is 0 Å². The normalized spacial score (nSPS) is 31.2. The van der Waals surface area contributed by atoms with E-state index in [2.05, 4.69) is 18.7 Å². The maximum Gasteiger partial charge on any atom is 0.256 e. The quantitative estimate of drug-likeness (QED) is 0.612. The maximum atomic E-state index is 13.5. The summed E-state index contributed by atoms with van der Waals surface area (Å²) in [4.78, 5) is 2.18. The first-order valence-corrected chi connectivity index (χ1v) is 5.09. The van der Waals surface area contributed by atoms with E-state index in [1.165, 1.54) is 0 Å². The first-order chi connectivity index (χ1) is 5.97. The molecule has 0 atom stereocenters. The van der Waals surface area contributed by atoms with Crippen molar-refractivity contribution in [1.82, 2.24) is 4.90 Å². The molecule has 2 fully saturated rings. The molecule has 0 radical (unpaired) electrons. The molecule has 0 amide bonds. The summed E-state index contributed by atoms with van der Waals surface area (Å²) in [6.45, 7) is 5.34. The zero-order chi connectivity index (χ0) is 9.69. The Balaban J connectivity index is 2.08. The van der Waals surface area contributed by atoms with Crippen molar-refractivity contribution in [2.24, 2.45) is 5.41 Å². The number of rotatable bonds is 1. The van der Waals surface area contributed by atoms with Crippen molar-refractivity contribution >= 4 is 0 Å². The lowest BCUT2D eigenvalue weighted by Crippen LogP contribution is -2.50. The standard InChI is InChI=1S/C10H17F2N/c1-8(2)13-6-5-10(11,12)9(7-13)3-4-9/h8H,3-7H2,1-2H3. The number of piperidine rings is 1. The van der Waals surface area contributed by atoms with Crippen LogP contribution in [0.2, 0.25) is 0 Å². The number of nitrogens with zero attached hydrogens (tertiary/aromatic N) is 1. The van der Waals surface area contributed by atoms with Gasteiger partial charge in [-0.15, -0.1) is 0 Å². The molecule has 0 unspecified atom stereocenters. The molecule has 1 aliphatic heterocycles. The van der Waals surface area contributed by atoms with Gasteiger partial charge in [0.15, 0.2) is 0 Å². The summed E-state index contributed by atoms with van der Waals surface area (Å²) in [6.07, 6.45) is 1.51. The first-order valence-electron chi connectivity index (χ1n) is 5.09. The molecule has 2 rings (SSSR count). The van der Waals surface area contributed by atoms with Gasteiger partial charge in [0, 0.05) is 31.0 Å². The fourth-order valence-electron chi connectivity index (χ4n) is 2.25. The van der Waals surface area contributed by atoms with E-state index in [4.69, 9.17) is 0 Å². The van der Waals surface area contributed by atoms with Gasteiger partial charge in [-0.05, 0) is 26.7 Å². The Morgan fingerprint density at radius 2 is 1.77 bits per heavy atom. The highest BCUT2D eigenvalue weighted by atomic mass is 19.3. The summed E-state index contributed by atoms with van der Waals surface area (Å²) >= 11 is 0. The monoisotopic (exact) mass is 189 g/mol. The van der Waals surface area contributed by atoms with Crippen LogP contribution in [0.15, 0.2) is 0 Å². The van der Waals surface area contributed by atoms with Crippen LogP contribution in [0.4, 0.5) is 8.78 Å². The van der Waals surface area contributed by atoms with E-state index in [1.807, 2.05) is 0 Å². The van der Waals surface area contributed by atoms with E-state index in [0.29, 0.717) is 19.1 Å². The molecule has 0 aromatic carbocycles. The van der Waals surface area contributed by atoms with Gasteiger partial charge in [0.25, 0.3) is 5.92 Å². The lowest BCUT2D eigenvalue weighted by molar-refractivity contribution is -0.124. The SMILES string of the molecule is CC(C)N1CCC(F)(F)C2(CC2)C1. The molecule has 1 saturated heterocycles. The third-order valence-electron chi connectivity index (χ3n) is 3.58. The van der Waals surface area contributed by atoms with Gasteiger partial charge >= 0.3 is 0 Å². The van der Waals surface area contributed by atoms with Gasteiger partial charge in [-0.2, -0.15) is 0 Å². The van der Waals surface area contributed by atoms with E-state index >= 15 is 0 Å². The van der Waals surface area contributed by atoms with Crippen molar-refractivity contribution in [2.75, 3.05) is 13.1 Å². The van der Waals surface area contributed by atoms with Crippen molar-refractivity contribution < 1.29 is 8.78 Å². The van der Waals surface area contributed by atoms with Gasteiger partial charge in [0.2, 0.25) is 0 Å². The molecular formula is C10H17F2N. The Bertz CT molecular complexity index is 209. The predicted molar refractivity (Wildman–Crippen MR) is 47.9 cm³/mol. The molecule has 0 bridgehead atoms. The maximum absolute atomic E-state index is 13.5. The molecule has 13 heavy (non-hydrogen) atoms. The number of alkyl halides is 2. The van der Waals surface area contributed by atoms with Crippen LogP contribution >= 0.6 is 0 Å². The zero-order valence-corrected chi connectivity index (χ0v) is 8.32. The van der Waals surface area contributed by atoms with Crippen molar-refractivity contribution in [3.8, 4) is 0 Å². The minimum atomic E-state index is -2.39. The molecule has 1 saturated carbocycles. The third-order valence-corrected chi connectivity index (χ3v) is 3.58. The highest BCUT2D eigenvalue weighted by Gasteiger charge is 2.63. The number of halogens is 2. The Morgan fingerprint density at radius 3 is 2.23 bits per heavy atom. The zero-order valence-electron chi connectivity index (χ0n) is 8.32. The Hall–Kier alpha value is -0.180. The van der Waals surface area contributed by atoms with E-state index in [1.54, 1.807) is 0 Å². The molecule has 1 spiro atoms. The highest BCUT2D eigenvalue weighted by molar-refractivity contribution is 5.08. The van der Waals surface area contributed by atoms with Crippen LogP contribution in [0.3, 0.4) is 0 Å². The summed E-state index contributed by atoms with van der Waals surface area (Å²) in [5.74, 6) is -2.39. The van der Waals surface area contributed by atoms with Gasteiger partial charge in [-0.1, -0.05) is 0 Å². The first kappa shape index (κ1) is 9.38. The van der Waals surface area contributed by atoms with Crippen LogP contribution < -0.4 is 0 Å². The molecule has 1 nitrogen and oxygen atoms in total. The number of hydrogen-bond donors (Lipinski definition) is 0. The van der Waals surface area contributed by atoms with Crippen LogP contribution in [-0.4, -0.2) is 30.0 Å². The smallest absolute Gasteiger partial charge is 0.256 e. The third kappa shape index (κ3) is 1.37. The van der Waals surface area contributed by atoms with Crippen LogP contribution in [0.25, 0.3) is 0 Å². The lowest BCUT2D eigenvalue weighted by Gasteiger charge is -2.40. The summed E-state index contributed by atoms with van der Waals surface area (Å²) < 4.78 is 26.9. The minimum absolute atomic E-state index is 0.0607. The predicted octanol–water partition coefficient (Wildman–Crippen LogP) is 2.52. The molecule has 3 heteroatoms. The van der Waals surface area contributed by atoms with E-state index in [-0.39, 0.29) is 6.42 Å². The number of hydrogen-bond acceptors (Lipinski definition) is 1. The van der Waals surface area contributed by atoms with E-state index in [0.717, 1.165) is 12.8 Å². The largest absolute Gasteiger partial charge is 0.300 e. The molecule has 1 heterocycles. The molecule has 0 N–H and O–H groups in total. The highest BCUT2D eigenvalue weighted by Crippen LogP contribution is 2.60. The van der Waals surface area contributed by atoms with Crippen molar-refractivity contribution in [3.63, 3.8) is 0 Å². The summed E-state index contributed by atoms with van der Waals surface area (Å²) in [6, 6.07) is 0.411. The Kier molecular flexibility index (Phi) is 1.92. The van der Waals surface area contributed by atoms with Gasteiger partial charge in [-0.3, -0.25) is 4.90 Å². The van der Waals surface area contributed by atoms with Crippen molar-refractivity contribution in [2.45, 2.75) is 45.1 Å². The lowest BCUT2D eigenvalue weighted by atomic mass is 9.89. The fraction of sp³-hybridized carbons (Fsp3) is 1.00. The molecule has 76 valence electrons. The molecule has 0 aromatic heterocycles. The van der Waals surface area contributed by atoms with Gasteiger partial charge in [0.05, 0.1) is 0 Å². The van der Waals surface area contributed by atoms with Crippen molar-refractivity contribution in [1.29, 1.82) is 0 Å². The molecular weight excluding hydrogens is 172 g/mol. The summed E-state index contributed by atoms with van der Waals surface area (Å²) in [5.41, 5.74) is -0.629. The summed E-state index contributed by atoms with van der Waals surface area (Å²) in [7, 11) is 0. The van der Waals surface area contributed by atoms with Crippen molar-refractivity contribution in [3.05, 3.63) is 0 Å². The minimum Gasteiger partial charge on any atom is -0.300 e. The second-order valence-corrected chi connectivity index (χ2v) is 4.80. The second kappa shape index (κ2) is 2.66. The molecule has 2 aliphatic rings. The fourth-order valence-corrected chi connectivity index (χ4v) is 2.25. The van der Waals surface area contributed by atoms with Crippen LogP contribution in [-0.2, 0) is 0 Å². The average Bonchev–Trinajstić information content (AvgIpc) is 2.76. The second-order valence-electron chi connectivity index (χ2n) is 4.80. The number of likely N-dealkylation sites (tertiary alicyclic amines) is 1. The van der Waals surface area contributed by atoms with E-state index < -0.39 is 11.3 Å². The molecule has 1 aliphatic carbocycles. The van der Waals surface area contributed by atoms with Crippen LogP contribution in [0.1, 0.15) is 33.1 Å². The van der Waals surface area contributed by atoms with Gasteiger partial charge in [-0.25, -0.2) is 8.78 Å². The van der Waals surface area contributed by atoms with E-state index in [9.17, 15) is 8.78 Å². The van der Waals surface area contributed by atoms with Crippen LogP contribution in [0.5, 0.6) is 0 Å². The molecule has 0 aromatic rings. The topological polar surface area (TPSA) is 3.24 Å².